The summed E-state index contributed by atoms with van der Waals surface area (Å²) in [7, 11) is 1.64. The average Bonchev–Trinajstić information content (AvgIpc) is 2.76. The van der Waals surface area contributed by atoms with E-state index in [1.54, 1.807) is 13.3 Å². The molecule has 4 heteroatoms. The smallest absolute Gasteiger partial charge is 0.119 e. The highest BCUT2D eigenvalue weighted by atomic mass is 32.1. The minimum atomic E-state index is -0.492. The predicted octanol–water partition coefficient (Wildman–Crippen LogP) is 2.74. The van der Waals surface area contributed by atoms with Gasteiger partial charge in [0.05, 0.1) is 23.1 Å². The number of aliphatic hydroxyl groups is 1. The van der Waals surface area contributed by atoms with Crippen LogP contribution in [0.2, 0.25) is 0 Å². The third-order valence-corrected chi connectivity index (χ3v) is 3.54. The van der Waals surface area contributed by atoms with Crippen LogP contribution >= 0.6 is 11.3 Å². The lowest BCUT2D eigenvalue weighted by molar-refractivity contribution is 0.182. The zero-order valence-corrected chi connectivity index (χ0v) is 10.7. The third kappa shape index (κ3) is 3.05. The van der Waals surface area contributed by atoms with E-state index in [9.17, 15) is 5.11 Å². The van der Waals surface area contributed by atoms with Crippen LogP contribution in [0.4, 0.5) is 0 Å². The monoisotopic (exact) mass is 249 g/mol. The molecule has 1 N–H and O–H groups in total. The topological polar surface area (TPSA) is 42.4 Å². The van der Waals surface area contributed by atoms with Crippen LogP contribution in [0.5, 0.6) is 5.75 Å². The maximum atomic E-state index is 10.1. The molecule has 1 atom stereocenters. The van der Waals surface area contributed by atoms with Crippen LogP contribution in [0, 0.1) is 6.92 Å². The predicted molar refractivity (Wildman–Crippen MR) is 68.5 cm³/mol. The minimum Gasteiger partial charge on any atom is -0.497 e. The lowest BCUT2D eigenvalue weighted by Gasteiger charge is -2.09. The van der Waals surface area contributed by atoms with Gasteiger partial charge in [0.25, 0.3) is 0 Å². The van der Waals surface area contributed by atoms with Gasteiger partial charge in [-0.25, -0.2) is 4.98 Å². The molecule has 2 rings (SSSR count). The van der Waals surface area contributed by atoms with E-state index < -0.39 is 6.10 Å². The summed E-state index contributed by atoms with van der Waals surface area (Å²) in [6.07, 6.45) is 1.83. The molecule has 0 fully saturated rings. The van der Waals surface area contributed by atoms with Crippen molar-refractivity contribution in [2.75, 3.05) is 7.11 Å². The van der Waals surface area contributed by atoms with Gasteiger partial charge in [0, 0.05) is 12.6 Å². The van der Waals surface area contributed by atoms with E-state index in [0.29, 0.717) is 6.42 Å². The van der Waals surface area contributed by atoms with Crippen molar-refractivity contribution in [2.45, 2.75) is 19.4 Å². The van der Waals surface area contributed by atoms with Gasteiger partial charge in [-0.15, -0.1) is 11.3 Å². The summed E-state index contributed by atoms with van der Waals surface area (Å²) >= 11 is 1.53. The lowest BCUT2D eigenvalue weighted by Crippen LogP contribution is -1.99. The maximum absolute atomic E-state index is 10.1. The molecule has 0 aliphatic carbocycles. The highest BCUT2D eigenvalue weighted by molar-refractivity contribution is 7.11. The number of aryl methyl sites for hydroxylation is 1. The molecule has 1 aromatic heterocycles. The second-order valence-corrected chi connectivity index (χ2v) is 5.12. The maximum Gasteiger partial charge on any atom is 0.119 e. The Morgan fingerprint density at radius 1 is 1.47 bits per heavy atom. The van der Waals surface area contributed by atoms with Crippen molar-refractivity contribution in [2.24, 2.45) is 0 Å². The SMILES string of the molecule is COc1cccc(CC(O)c2cnc(C)s2)c1. The molecule has 17 heavy (non-hydrogen) atoms. The average molecular weight is 249 g/mol. The zero-order valence-electron chi connectivity index (χ0n) is 9.88. The van der Waals surface area contributed by atoms with E-state index in [1.807, 2.05) is 31.2 Å². The summed E-state index contributed by atoms with van der Waals surface area (Å²) in [5.74, 6) is 0.815. The molecule has 0 spiro atoms. The Morgan fingerprint density at radius 3 is 2.94 bits per heavy atom. The van der Waals surface area contributed by atoms with Gasteiger partial charge >= 0.3 is 0 Å². The van der Waals surface area contributed by atoms with Gasteiger partial charge in [0.2, 0.25) is 0 Å². The molecule has 0 bridgehead atoms. The van der Waals surface area contributed by atoms with E-state index in [2.05, 4.69) is 4.98 Å². The van der Waals surface area contributed by atoms with Crippen molar-refractivity contribution < 1.29 is 9.84 Å². The second kappa shape index (κ2) is 5.29. The summed E-state index contributed by atoms with van der Waals surface area (Å²) in [4.78, 5) is 5.05. The molecule has 0 aliphatic heterocycles. The van der Waals surface area contributed by atoms with E-state index >= 15 is 0 Å². The number of nitrogens with zero attached hydrogens (tertiary/aromatic N) is 1. The standard InChI is InChI=1S/C13H15NO2S/c1-9-14-8-13(17-9)12(15)7-10-4-3-5-11(6-10)16-2/h3-6,8,12,15H,7H2,1-2H3. The van der Waals surface area contributed by atoms with E-state index in [1.165, 1.54) is 11.3 Å². The third-order valence-electron chi connectivity index (χ3n) is 2.53. The Labute approximate surface area is 105 Å². The fourth-order valence-corrected chi connectivity index (χ4v) is 2.43. The van der Waals surface area contributed by atoms with Crippen molar-refractivity contribution in [1.29, 1.82) is 0 Å². The van der Waals surface area contributed by atoms with Gasteiger partial charge in [0.1, 0.15) is 5.75 Å². The summed E-state index contributed by atoms with van der Waals surface area (Å²) in [5, 5.41) is 11.1. The van der Waals surface area contributed by atoms with Crippen LogP contribution in [-0.2, 0) is 6.42 Å². The quantitative estimate of drug-likeness (QED) is 0.906. The molecule has 0 saturated heterocycles. The number of ether oxygens (including phenoxy) is 1. The molecule has 0 radical (unpaired) electrons. The van der Waals surface area contributed by atoms with Gasteiger partial charge < -0.3 is 9.84 Å². The summed E-state index contributed by atoms with van der Waals surface area (Å²) in [6, 6.07) is 7.75. The van der Waals surface area contributed by atoms with E-state index in [0.717, 1.165) is 21.2 Å². The first-order valence-corrected chi connectivity index (χ1v) is 6.24. The Kier molecular flexibility index (Phi) is 3.76. The molecule has 0 aliphatic rings. The Morgan fingerprint density at radius 2 is 2.29 bits per heavy atom. The fourth-order valence-electron chi connectivity index (χ4n) is 1.66. The molecule has 0 saturated carbocycles. The highest BCUT2D eigenvalue weighted by Crippen LogP contribution is 2.24. The van der Waals surface area contributed by atoms with Gasteiger partial charge in [-0.3, -0.25) is 0 Å². The Balaban J connectivity index is 2.09. The van der Waals surface area contributed by atoms with Crippen LogP contribution in [-0.4, -0.2) is 17.2 Å². The molecule has 2 aromatic rings. The molecule has 1 aromatic carbocycles. The van der Waals surface area contributed by atoms with Crippen molar-refractivity contribution in [3.8, 4) is 5.75 Å². The van der Waals surface area contributed by atoms with Gasteiger partial charge in [-0.05, 0) is 24.6 Å². The van der Waals surface area contributed by atoms with Crippen LogP contribution in [0.25, 0.3) is 0 Å². The number of aliphatic hydroxyl groups excluding tert-OH is 1. The molecule has 90 valence electrons. The van der Waals surface area contributed by atoms with E-state index in [4.69, 9.17) is 4.74 Å². The molecule has 3 nitrogen and oxygen atoms in total. The van der Waals surface area contributed by atoms with E-state index in [-0.39, 0.29) is 0 Å². The lowest BCUT2D eigenvalue weighted by atomic mass is 10.1. The Bertz CT molecular complexity index is 496. The van der Waals surface area contributed by atoms with Crippen molar-refractivity contribution in [1.82, 2.24) is 4.98 Å². The van der Waals surface area contributed by atoms with Gasteiger partial charge in [0.15, 0.2) is 0 Å². The zero-order chi connectivity index (χ0) is 12.3. The van der Waals surface area contributed by atoms with Crippen molar-refractivity contribution >= 4 is 11.3 Å². The van der Waals surface area contributed by atoms with Crippen molar-refractivity contribution in [3.63, 3.8) is 0 Å². The summed E-state index contributed by atoms with van der Waals surface area (Å²) in [5.41, 5.74) is 1.06. The number of thiazole rings is 1. The summed E-state index contributed by atoms with van der Waals surface area (Å²) < 4.78 is 5.15. The largest absolute Gasteiger partial charge is 0.497 e. The number of hydrogen-bond donors (Lipinski definition) is 1. The first kappa shape index (κ1) is 12.1. The molecular weight excluding hydrogens is 234 g/mol. The van der Waals surface area contributed by atoms with Gasteiger partial charge in [-0.1, -0.05) is 12.1 Å². The van der Waals surface area contributed by atoms with Crippen LogP contribution in [0.15, 0.2) is 30.5 Å². The molecule has 1 unspecified atom stereocenters. The normalized spacial score (nSPS) is 12.4. The first-order chi connectivity index (χ1) is 8.19. The second-order valence-electron chi connectivity index (χ2n) is 3.85. The van der Waals surface area contributed by atoms with Crippen LogP contribution < -0.4 is 4.74 Å². The summed E-state index contributed by atoms with van der Waals surface area (Å²) in [6.45, 7) is 1.94. The number of hydrogen-bond acceptors (Lipinski definition) is 4. The number of rotatable bonds is 4. The highest BCUT2D eigenvalue weighted by Gasteiger charge is 2.11. The van der Waals surface area contributed by atoms with Crippen LogP contribution in [0.3, 0.4) is 0 Å². The van der Waals surface area contributed by atoms with Crippen LogP contribution in [0.1, 0.15) is 21.6 Å². The molecular formula is C13H15NO2S. The molecule has 1 heterocycles. The fraction of sp³-hybridized carbons (Fsp3) is 0.308. The Hall–Kier alpha value is -1.39. The number of aromatic nitrogens is 1. The number of methoxy groups -OCH3 is 1. The van der Waals surface area contributed by atoms with Crippen molar-refractivity contribution in [3.05, 3.63) is 45.9 Å². The first-order valence-electron chi connectivity index (χ1n) is 5.42. The molecule has 0 amide bonds. The van der Waals surface area contributed by atoms with Gasteiger partial charge in [-0.2, -0.15) is 0 Å². The number of benzene rings is 1. The minimum absolute atomic E-state index is 0.492.